The molecule has 1 unspecified atom stereocenters. The number of aromatic amines is 1. The van der Waals surface area contributed by atoms with Crippen LogP contribution < -0.4 is 5.32 Å². The number of H-pyrrole nitrogens is 1. The fourth-order valence-corrected chi connectivity index (χ4v) is 2.35. The van der Waals surface area contributed by atoms with Gasteiger partial charge in [0, 0.05) is 36.0 Å². The molecule has 0 saturated heterocycles. The van der Waals surface area contributed by atoms with Crippen molar-refractivity contribution in [1.29, 1.82) is 0 Å². The summed E-state index contributed by atoms with van der Waals surface area (Å²) in [6.07, 6.45) is 2.29. The van der Waals surface area contributed by atoms with Gasteiger partial charge in [0.05, 0.1) is 0 Å². The van der Waals surface area contributed by atoms with Crippen LogP contribution in [0.3, 0.4) is 0 Å². The lowest BCUT2D eigenvalue weighted by molar-refractivity contribution is -0.0199. The summed E-state index contributed by atoms with van der Waals surface area (Å²) in [5.74, 6) is -2.60. The Balaban J connectivity index is 2.14. The van der Waals surface area contributed by atoms with Gasteiger partial charge in [-0.2, -0.15) is 0 Å². The zero-order valence-electron chi connectivity index (χ0n) is 11.3. The minimum Gasteiger partial charge on any atom is -0.361 e. The number of hydrogen-bond donors (Lipinski definition) is 2. The molecule has 0 fully saturated rings. The first kappa shape index (κ1) is 14.0. The fourth-order valence-electron chi connectivity index (χ4n) is 2.35. The third kappa shape index (κ3) is 3.32. The van der Waals surface area contributed by atoms with Crippen LogP contribution >= 0.6 is 0 Å². The average molecular weight is 266 g/mol. The molecule has 2 N–H and O–H groups in total. The lowest BCUT2D eigenvalue weighted by atomic mass is 9.99. The largest absolute Gasteiger partial charge is 0.361 e. The number of alkyl halides is 2. The van der Waals surface area contributed by atoms with Gasteiger partial charge in [-0.15, -0.1) is 0 Å². The van der Waals surface area contributed by atoms with Crippen molar-refractivity contribution >= 4 is 10.9 Å². The lowest BCUT2D eigenvalue weighted by Crippen LogP contribution is -2.34. The first-order valence-electron chi connectivity index (χ1n) is 6.66. The van der Waals surface area contributed by atoms with Crippen molar-refractivity contribution < 1.29 is 8.78 Å². The molecule has 2 rings (SSSR count). The van der Waals surface area contributed by atoms with Crippen LogP contribution in [0, 0.1) is 0 Å². The zero-order valence-corrected chi connectivity index (χ0v) is 11.3. The van der Waals surface area contributed by atoms with E-state index in [-0.39, 0.29) is 18.9 Å². The number of fused-ring (bicyclic) bond motifs is 1. The van der Waals surface area contributed by atoms with Crippen molar-refractivity contribution in [3.8, 4) is 0 Å². The minimum absolute atomic E-state index is 0.112. The Kier molecular flexibility index (Phi) is 4.20. The van der Waals surface area contributed by atoms with Gasteiger partial charge in [-0.3, -0.25) is 0 Å². The van der Waals surface area contributed by atoms with Crippen LogP contribution in [0.25, 0.3) is 10.9 Å². The summed E-state index contributed by atoms with van der Waals surface area (Å²) in [7, 11) is 1.74. The van der Waals surface area contributed by atoms with Crippen LogP contribution in [0.5, 0.6) is 0 Å². The predicted octanol–water partition coefficient (Wildman–Crippen LogP) is 3.73. The van der Waals surface area contributed by atoms with Crippen LogP contribution in [0.2, 0.25) is 0 Å². The first-order chi connectivity index (χ1) is 9.05. The van der Waals surface area contributed by atoms with E-state index in [0.717, 1.165) is 16.5 Å². The lowest BCUT2D eigenvalue weighted by Gasteiger charge is -2.22. The molecule has 0 amide bonds. The zero-order chi connectivity index (χ0) is 13.9. The molecular formula is C15H20F2N2. The Morgan fingerprint density at radius 1 is 1.32 bits per heavy atom. The van der Waals surface area contributed by atoms with E-state index in [1.54, 1.807) is 7.05 Å². The molecule has 1 aromatic heterocycles. The monoisotopic (exact) mass is 266 g/mol. The van der Waals surface area contributed by atoms with Crippen molar-refractivity contribution in [1.82, 2.24) is 10.3 Å². The first-order valence-corrected chi connectivity index (χ1v) is 6.66. The summed E-state index contributed by atoms with van der Waals surface area (Å²) in [6, 6.07) is 7.73. The summed E-state index contributed by atoms with van der Waals surface area (Å²) in [5, 5.41) is 4.12. The number of aromatic nitrogens is 1. The topological polar surface area (TPSA) is 27.8 Å². The maximum absolute atomic E-state index is 13.5. The van der Waals surface area contributed by atoms with E-state index in [4.69, 9.17) is 0 Å². The van der Waals surface area contributed by atoms with Crippen LogP contribution in [0.15, 0.2) is 30.5 Å². The van der Waals surface area contributed by atoms with Crippen molar-refractivity contribution in [2.45, 2.75) is 38.2 Å². The van der Waals surface area contributed by atoms with E-state index >= 15 is 0 Å². The highest BCUT2D eigenvalue weighted by atomic mass is 19.3. The van der Waals surface area contributed by atoms with Crippen molar-refractivity contribution in [3.63, 3.8) is 0 Å². The van der Waals surface area contributed by atoms with Crippen LogP contribution in [0.4, 0.5) is 8.78 Å². The molecule has 1 heterocycles. The van der Waals surface area contributed by atoms with Gasteiger partial charge in [0.25, 0.3) is 0 Å². The van der Waals surface area contributed by atoms with E-state index in [9.17, 15) is 8.78 Å². The molecule has 0 spiro atoms. The Labute approximate surface area is 112 Å². The summed E-state index contributed by atoms with van der Waals surface area (Å²) >= 11 is 0. The molecule has 19 heavy (non-hydrogen) atoms. The van der Waals surface area contributed by atoms with Crippen LogP contribution in [0.1, 0.15) is 25.3 Å². The molecule has 0 aliphatic heterocycles. The maximum atomic E-state index is 13.5. The summed E-state index contributed by atoms with van der Waals surface area (Å²) in [4.78, 5) is 3.18. The number of para-hydroxylation sites is 1. The van der Waals surface area contributed by atoms with Gasteiger partial charge in [-0.05, 0) is 25.1 Å². The molecule has 2 nitrogen and oxygen atoms in total. The van der Waals surface area contributed by atoms with Gasteiger partial charge in [-0.1, -0.05) is 25.1 Å². The maximum Gasteiger partial charge on any atom is 0.249 e. The van der Waals surface area contributed by atoms with Crippen molar-refractivity contribution in [3.05, 3.63) is 36.0 Å². The minimum atomic E-state index is -2.60. The number of hydrogen-bond acceptors (Lipinski definition) is 1. The molecule has 104 valence electrons. The Bertz CT molecular complexity index is 534. The summed E-state index contributed by atoms with van der Waals surface area (Å²) < 4.78 is 27.0. The predicted molar refractivity (Wildman–Crippen MR) is 74.7 cm³/mol. The van der Waals surface area contributed by atoms with E-state index < -0.39 is 5.92 Å². The van der Waals surface area contributed by atoms with Gasteiger partial charge < -0.3 is 10.3 Å². The van der Waals surface area contributed by atoms with Gasteiger partial charge in [0.2, 0.25) is 5.92 Å². The molecule has 1 aromatic carbocycles. The third-order valence-electron chi connectivity index (χ3n) is 3.61. The quantitative estimate of drug-likeness (QED) is 0.819. The standard InChI is InChI=1S/C15H20F2N2/c1-3-15(16,17)9-12(18-2)8-11-10-19-14-7-5-4-6-13(11)14/h4-7,10,12,18-19H,3,8-9H2,1-2H3. The van der Waals surface area contributed by atoms with Gasteiger partial charge >= 0.3 is 0 Å². The second-order valence-corrected chi connectivity index (χ2v) is 4.96. The highest BCUT2D eigenvalue weighted by Gasteiger charge is 2.30. The second kappa shape index (κ2) is 5.70. The third-order valence-corrected chi connectivity index (χ3v) is 3.61. The number of rotatable bonds is 6. The van der Waals surface area contributed by atoms with E-state index in [1.807, 2.05) is 30.5 Å². The Hall–Kier alpha value is -1.42. The molecule has 0 saturated carbocycles. The summed E-state index contributed by atoms with van der Waals surface area (Å²) in [6.45, 7) is 1.53. The van der Waals surface area contributed by atoms with E-state index in [0.29, 0.717) is 6.42 Å². The molecule has 4 heteroatoms. The normalized spacial score (nSPS) is 13.9. The Morgan fingerprint density at radius 3 is 2.74 bits per heavy atom. The van der Waals surface area contributed by atoms with Gasteiger partial charge in [0.1, 0.15) is 0 Å². The highest BCUT2D eigenvalue weighted by Crippen LogP contribution is 2.26. The molecule has 1 atom stereocenters. The smallest absolute Gasteiger partial charge is 0.249 e. The van der Waals surface area contributed by atoms with Crippen molar-refractivity contribution in [2.24, 2.45) is 0 Å². The molecule has 0 aliphatic rings. The number of nitrogens with one attached hydrogen (secondary N) is 2. The molecule has 0 aliphatic carbocycles. The number of halogens is 2. The van der Waals surface area contributed by atoms with Crippen LogP contribution in [-0.2, 0) is 6.42 Å². The second-order valence-electron chi connectivity index (χ2n) is 4.96. The average Bonchev–Trinajstić information content (AvgIpc) is 2.81. The van der Waals surface area contributed by atoms with E-state index in [2.05, 4.69) is 10.3 Å². The van der Waals surface area contributed by atoms with Crippen molar-refractivity contribution in [2.75, 3.05) is 7.05 Å². The highest BCUT2D eigenvalue weighted by molar-refractivity contribution is 5.83. The van der Waals surface area contributed by atoms with Crippen LogP contribution in [-0.4, -0.2) is 24.0 Å². The SMILES string of the molecule is CCC(F)(F)CC(Cc1c[nH]c2ccccc12)NC. The fraction of sp³-hybridized carbons (Fsp3) is 0.467. The summed E-state index contributed by atoms with van der Waals surface area (Å²) in [5.41, 5.74) is 2.14. The molecule has 2 aromatic rings. The molecule has 0 bridgehead atoms. The molecule has 0 radical (unpaired) electrons. The van der Waals surface area contributed by atoms with E-state index in [1.165, 1.54) is 6.92 Å². The van der Waals surface area contributed by atoms with Gasteiger partial charge in [-0.25, -0.2) is 8.78 Å². The number of benzene rings is 1. The van der Waals surface area contributed by atoms with Gasteiger partial charge in [0.15, 0.2) is 0 Å². The number of likely N-dealkylation sites (N-methyl/N-ethyl adjacent to an activating group) is 1. The molecular weight excluding hydrogens is 246 g/mol. The Morgan fingerprint density at radius 2 is 2.05 bits per heavy atom.